The second kappa shape index (κ2) is 10.8. The third kappa shape index (κ3) is 5.81. The quantitative estimate of drug-likeness (QED) is 0.535. The number of ether oxygens (including phenoxy) is 2. The molecule has 2 aromatic carbocycles. The fourth-order valence-electron chi connectivity index (χ4n) is 3.61. The Hall–Kier alpha value is -3.58. The van der Waals surface area contributed by atoms with Crippen molar-refractivity contribution in [1.29, 1.82) is 0 Å². The Morgan fingerprint density at radius 3 is 1.48 bits per heavy atom. The Balaban J connectivity index is 0.00000259. The van der Waals surface area contributed by atoms with E-state index in [1.165, 1.54) is 0 Å². The fourth-order valence-corrected chi connectivity index (χ4v) is 3.61. The number of hydrogen-bond donors (Lipinski definition) is 2. The van der Waals surface area contributed by atoms with Crippen molar-refractivity contribution in [3.05, 3.63) is 89.2 Å². The van der Waals surface area contributed by atoms with Crippen LogP contribution in [-0.4, -0.2) is 42.8 Å². The first-order valence-corrected chi connectivity index (χ1v) is 10.8. The number of benzene rings is 2. The number of nitrogens with zero attached hydrogens (tertiary/aromatic N) is 3. The highest BCUT2D eigenvalue weighted by Gasteiger charge is 2.09. The summed E-state index contributed by atoms with van der Waals surface area (Å²) in [7, 11) is 0. The average molecular weight is 464 g/mol. The van der Waals surface area contributed by atoms with E-state index in [2.05, 4.69) is 25.6 Å². The van der Waals surface area contributed by atoms with Gasteiger partial charge in [-0.3, -0.25) is 15.0 Å². The number of pyridine rings is 1. The molecule has 8 heteroatoms. The van der Waals surface area contributed by atoms with E-state index in [1.54, 1.807) is 0 Å². The normalized spacial score (nSPS) is 14.4. The molecule has 0 fully saturated rings. The van der Waals surface area contributed by atoms with Crippen molar-refractivity contribution in [3.63, 3.8) is 0 Å². The summed E-state index contributed by atoms with van der Waals surface area (Å²) in [5.41, 5.74) is 3.87. The van der Waals surface area contributed by atoms with E-state index in [4.69, 9.17) is 9.47 Å². The summed E-state index contributed by atoms with van der Waals surface area (Å²) in [4.78, 5) is 13.5. The van der Waals surface area contributed by atoms with Crippen molar-refractivity contribution in [2.24, 2.45) is 9.98 Å². The van der Waals surface area contributed by atoms with Gasteiger partial charge >= 0.3 is 0 Å². The summed E-state index contributed by atoms with van der Waals surface area (Å²) in [6.07, 6.45) is 0. The molecule has 3 heterocycles. The van der Waals surface area contributed by atoms with Crippen LogP contribution in [0.25, 0.3) is 0 Å². The molecule has 0 saturated heterocycles. The molecule has 33 heavy (non-hydrogen) atoms. The Bertz CT molecular complexity index is 1040. The lowest BCUT2D eigenvalue weighted by Crippen LogP contribution is -2.19. The van der Waals surface area contributed by atoms with E-state index in [0.29, 0.717) is 13.2 Å². The van der Waals surface area contributed by atoms with Crippen LogP contribution in [0.15, 0.2) is 76.7 Å². The maximum Gasteiger partial charge on any atom is 0.130 e. The summed E-state index contributed by atoms with van der Waals surface area (Å²) in [5.74, 6) is 3.50. The van der Waals surface area contributed by atoms with Crippen LogP contribution in [0, 0.1) is 0 Å². The van der Waals surface area contributed by atoms with Gasteiger partial charge in [0.25, 0.3) is 0 Å². The van der Waals surface area contributed by atoms with Gasteiger partial charge in [0, 0.05) is 24.2 Å². The van der Waals surface area contributed by atoms with Crippen molar-refractivity contribution < 1.29 is 9.47 Å². The minimum atomic E-state index is 0. The molecular formula is C25H26ClN5O2. The molecule has 1 aromatic heterocycles. The van der Waals surface area contributed by atoms with Gasteiger partial charge in [-0.25, -0.2) is 0 Å². The van der Waals surface area contributed by atoms with E-state index in [9.17, 15) is 0 Å². The SMILES string of the molecule is Cl.c1cc(COc2ccc(C3=NCCN3)cc2)nc(COc2ccc(C3=NCCN3)cc2)c1. The zero-order valence-corrected chi connectivity index (χ0v) is 19.0. The maximum atomic E-state index is 5.91. The molecule has 0 radical (unpaired) electrons. The van der Waals surface area contributed by atoms with Crippen molar-refractivity contribution in [2.75, 3.05) is 26.2 Å². The van der Waals surface area contributed by atoms with Gasteiger partial charge in [0.1, 0.15) is 36.4 Å². The largest absolute Gasteiger partial charge is 0.487 e. The van der Waals surface area contributed by atoms with Crippen molar-refractivity contribution in [2.45, 2.75) is 13.2 Å². The molecule has 5 rings (SSSR count). The van der Waals surface area contributed by atoms with E-state index in [0.717, 1.165) is 71.9 Å². The zero-order chi connectivity index (χ0) is 21.6. The van der Waals surface area contributed by atoms with Crippen LogP contribution in [0.5, 0.6) is 11.5 Å². The summed E-state index contributed by atoms with van der Waals surface area (Å²) < 4.78 is 11.8. The minimum Gasteiger partial charge on any atom is -0.487 e. The summed E-state index contributed by atoms with van der Waals surface area (Å²) in [5, 5.41) is 6.55. The summed E-state index contributed by atoms with van der Waals surface area (Å²) >= 11 is 0. The molecular weight excluding hydrogens is 438 g/mol. The molecule has 3 aromatic rings. The van der Waals surface area contributed by atoms with Crippen LogP contribution in [0.3, 0.4) is 0 Å². The highest BCUT2D eigenvalue weighted by Crippen LogP contribution is 2.17. The van der Waals surface area contributed by atoms with Gasteiger partial charge in [0.05, 0.1) is 24.5 Å². The lowest BCUT2D eigenvalue weighted by atomic mass is 10.2. The lowest BCUT2D eigenvalue weighted by molar-refractivity contribution is 0.290. The number of amidine groups is 2. The number of rotatable bonds is 8. The maximum absolute atomic E-state index is 5.91. The minimum absolute atomic E-state index is 0. The molecule has 170 valence electrons. The third-order valence-corrected chi connectivity index (χ3v) is 5.24. The first kappa shape index (κ1) is 22.6. The molecule has 0 spiro atoms. The molecule has 7 nitrogen and oxygen atoms in total. The second-order valence-electron chi connectivity index (χ2n) is 7.56. The average Bonchev–Trinajstić information content (AvgIpc) is 3.57. The first-order valence-electron chi connectivity index (χ1n) is 10.8. The first-order chi connectivity index (χ1) is 15.8. The lowest BCUT2D eigenvalue weighted by Gasteiger charge is -2.10. The molecule has 2 aliphatic rings. The Labute approximate surface area is 199 Å². The monoisotopic (exact) mass is 463 g/mol. The van der Waals surface area contributed by atoms with Gasteiger partial charge in [-0.05, 0) is 60.7 Å². The second-order valence-corrected chi connectivity index (χ2v) is 7.56. The molecule has 2 N–H and O–H groups in total. The Morgan fingerprint density at radius 2 is 1.09 bits per heavy atom. The van der Waals surface area contributed by atoms with E-state index < -0.39 is 0 Å². The summed E-state index contributed by atoms with van der Waals surface area (Å²) in [6.45, 7) is 4.26. The predicted octanol–water partition coefficient (Wildman–Crippen LogP) is 3.36. The van der Waals surface area contributed by atoms with Gasteiger partial charge in [0.15, 0.2) is 0 Å². The predicted molar refractivity (Wildman–Crippen MR) is 132 cm³/mol. The number of aromatic nitrogens is 1. The number of halogens is 1. The van der Waals surface area contributed by atoms with Crippen molar-refractivity contribution in [3.8, 4) is 11.5 Å². The number of aliphatic imine (C=N–C) groups is 2. The van der Waals surface area contributed by atoms with Crippen LogP contribution in [0.4, 0.5) is 0 Å². The molecule has 0 amide bonds. The van der Waals surface area contributed by atoms with E-state index in [1.807, 2.05) is 66.7 Å². The van der Waals surface area contributed by atoms with Gasteiger partial charge in [-0.2, -0.15) is 0 Å². The van der Waals surface area contributed by atoms with Gasteiger partial charge < -0.3 is 20.1 Å². The molecule has 0 atom stereocenters. The van der Waals surface area contributed by atoms with E-state index in [-0.39, 0.29) is 12.4 Å². The topological polar surface area (TPSA) is 80.1 Å². The number of hydrogen-bond acceptors (Lipinski definition) is 7. The fraction of sp³-hybridized carbons (Fsp3) is 0.240. The zero-order valence-electron chi connectivity index (χ0n) is 18.2. The standard InChI is InChI=1S/C25H25N5O2.ClH/c1-2-20(16-31-22-8-4-18(5-9-22)24-26-12-13-27-24)30-21(3-1)17-32-23-10-6-19(7-11-23)25-28-14-15-29-25;/h1-11H,12-17H2,(H,26,27)(H,28,29);1H. The molecule has 0 aliphatic carbocycles. The highest BCUT2D eigenvalue weighted by atomic mass is 35.5. The Kier molecular flexibility index (Phi) is 7.42. The van der Waals surface area contributed by atoms with Crippen LogP contribution in [-0.2, 0) is 13.2 Å². The molecule has 0 unspecified atom stereocenters. The van der Waals surface area contributed by atoms with Crippen LogP contribution >= 0.6 is 12.4 Å². The van der Waals surface area contributed by atoms with Gasteiger partial charge in [0.2, 0.25) is 0 Å². The third-order valence-electron chi connectivity index (χ3n) is 5.24. The van der Waals surface area contributed by atoms with Crippen molar-refractivity contribution >= 4 is 24.1 Å². The van der Waals surface area contributed by atoms with Gasteiger partial charge in [-0.15, -0.1) is 12.4 Å². The smallest absolute Gasteiger partial charge is 0.130 e. The Morgan fingerprint density at radius 1 is 0.636 bits per heavy atom. The molecule has 0 bridgehead atoms. The van der Waals surface area contributed by atoms with Crippen LogP contribution < -0.4 is 20.1 Å². The van der Waals surface area contributed by atoms with Crippen LogP contribution in [0.1, 0.15) is 22.5 Å². The van der Waals surface area contributed by atoms with Crippen molar-refractivity contribution in [1.82, 2.24) is 15.6 Å². The molecule has 2 aliphatic heterocycles. The number of nitrogens with one attached hydrogen (secondary N) is 2. The van der Waals surface area contributed by atoms with Gasteiger partial charge in [-0.1, -0.05) is 6.07 Å². The highest BCUT2D eigenvalue weighted by molar-refractivity contribution is 6.00. The summed E-state index contributed by atoms with van der Waals surface area (Å²) in [6, 6.07) is 21.8. The molecule has 0 saturated carbocycles. The van der Waals surface area contributed by atoms with Crippen LogP contribution in [0.2, 0.25) is 0 Å². The van der Waals surface area contributed by atoms with E-state index >= 15 is 0 Å².